The van der Waals surface area contributed by atoms with E-state index in [0.29, 0.717) is 16.3 Å². The number of carbonyl (C=O) groups excluding carboxylic acids is 4. The van der Waals surface area contributed by atoms with Crippen LogP contribution in [-0.2, 0) is 19.1 Å². The SMILES string of the molecule is Cc1ccc(C(=O)NN2C[C@H](C(=O)OCC(=O)Nc3cc(Cl)ccc3C)CC2=O)cc1. The van der Waals surface area contributed by atoms with Gasteiger partial charge < -0.3 is 10.1 Å². The third-order valence-corrected chi connectivity index (χ3v) is 5.06. The molecule has 162 valence electrons. The summed E-state index contributed by atoms with van der Waals surface area (Å²) in [7, 11) is 0. The lowest BCUT2D eigenvalue weighted by Crippen LogP contribution is -2.43. The van der Waals surface area contributed by atoms with Gasteiger partial charge in [-0.3, -0.25) is 29.6 Å². The van der Waals surface area contributed by atoms with Crippen molar-refractivity contribution in [2.24, 2.45) is 5.92 Å². The van der Waals surface area contributed by atoms with Crippen LogP contribution in [-0.4, -0.2) is 41.9 Å². The lowest BCUT2D eigenvalue weighted by atomic mass is 10.1. The van der Waals surface area contributed by atoms with E-state index in [1.165, 1.54) is 0 Å². The molecule has 1 saturated heterocycles. The number of ether oxygens (including phenoxy) is 1. The highest BCUT2D eigenvalue weighted by Crippen LogP contribution is 2.21. The second-order valence-corrected chi connectivity index (χ2v) is 7.76. The molecule has 0 radical (unpaired) electrons. The highest BCUT2D eigenvalue weighted by atomic mass is 35.5. The van der Waals surface area contributed by atoms with E-state index in [-0.39, 0.29) is 13.0 Å². The fourth-order valence-electron chi connectivity index (χ4n) is 3.04. The summed E-state index contributed by atoms with van der Waals surface area (Å²) in [5.41, 5.74) is 5.24. The fourth-order valence-corrected chi connectivity index (χ4v) is 3.21. The van der Waals surface area contributed by atoms with Crippen LogP contribution in [0, 0.1) is 19.8 Å². The van der Waals surface area contributed by atoms with Gasteiger partial charge in [0.1, 0.15) is 0 Å². The average molecular weight is 444 g/mol. The van der Waals surface area contributed by atoms with Gasteiger partial charge in [-0.15, -0.1) is 0 Å². The van der Waals surface area contributed by atoms with Gasteiger partial charge in [-0.05, 0) is 43.7 Å². The summed E-state index contributed by atoms with van der Waals surface area (Å²) in [6.45, 7) is 3.19. The van der Waals surface area contributed by atoms with Crippen molar-refractivity contribution in [3.63, 3.8) is 0 Å². The molecule has 31 heavy (non-hydrogen) atoms. The number of amides is 3. The predicted octanol–water partition coefficient (Wildman–Crippen LogP) is 2.63. The van der Waals surface area contributed by atoms with E-state index in [1.54, 1.807) is 42.5 Å². The molecule has 9 heteroatoms. The normalized spacial score (nSPS) is 15.5. The Morgan fingerprint density at radius 1 is 1.13 bits per heavy atom. The van der Waals surface area contributed by atoms with Gasteiger partial charge in [0.15, 0.2) is 6.61 Å². The molecule has 1 heterocycles. The monoisotopic (exact) mass is 443 g/mol. The smallest absolute Gasteiger partial charge is 0.311 e. The first kappa shape index (κ1) is 22.3. The molecule has 2 N–H and O–H groups in total. The van der Waals surface area contributed by atoms with Crippen molar-refractivity contribution in [2.75, 3.05) is 18.5 Å². The number of benzene rings is 2. The van der Waals surface area contributed by atoms with Crippen LogP contribution < -0.4 is 10.7 Å². The molecular weight excluding hydrogens is 422 g/mol. The zero-order valence-corrected chi connectivity index (χ0v) is 17.9. The standard InChI is InChI=1S/C22H22ClN3O5/c1-13-3-6-15(7-4-13)21(29)25-26-11-16(9-20(26)28)22(30)31-12-19(27)24-18-10-17(23)8-5-14(18)2/h3-8,10,16H,9,11-12H2,1-2H3,(H,24,27)(H,25,29)/t16-/m1/s1. The van der Waals surface area contributed by atoms with Gasteiger partial charge in [0, 0.05) is 22.7 Å². The van der Waals surface area contributed by atoms with Gasteiger partial charge in [0.25, 0.3) is 11.8 Å². The molecule has 3 amide bonds. The zero-order valence-electron chi connectivity index (χ0n) is 17.1. The van der Waals surface area contributed by atoms with Gasteiger partial charge in [0.2, 0.25) is 5.91 Å². The molecule has 0 unspecified atom stereocenters. The largest absolute Gasteiger partial charge is 0.455 e. The topological polar surface area (TPSA) is 105 Å². The van der Waals surface area contributed by atoms with Gasteiger partial charge in [0.05, 0.1) is 12.5 Å². The van der Waals surface area contributed by atoms with E-state index in [0.717, 1.165) is 16.1 Å². The van der Waals surface area contributed by atoms with Gasteiger partial charge >= 0.3 is 5.97 Å². The highest BCUT2D eigenvalue weighted by Gasteiger charge is 2.36. The van der Waals surface area contributed by atoms with Crippen molar-refractivity contribution in [1.82, 2.24) is 10.4 Å². The molecule has 0 aliphatic carbocycles. The maximum absolute atomic E-state index is 12.3. The summed E-state index contributed by atoms with van der Waals surface area (Å²) in [6, 6.07) is 11.9. The Balaban J connectivity index is 1.49. The maximum Gasteiger partial charge on any atom is 0.311 e. The molecule has 1 atom stereocenters. The molecule has 3 rings (SSSR count). The Morgan fingerprint density at radius 2 is 1.84 bits per heavy atom. The summed E-state index contributed by atoms with van der Waals surface area (Å²) in [4.78, 5) is 48.8. The molecule has 1 aliphatic heterocycles. The van der Waals surface area contributed by atoms with Crippen molar-refractivity contribution < 1.29 is 23.9 Å². The van der Waals surface area contributed by atoms with E-state index in [9.17, 15) is 19.2 Å². The number of hydrogen-bond donors (Lipinski definition) is 2. The van der Waals surface area contributed by atoms with Crippen LogP contribution in [0.2, 0.25) is 5.02 Å². The third kappa shape index (κ3) is 5.82. The second-order valence-electron chi connectivity index (χ2n) is 7.33. The summed E-state index contributed by atoms with van der Waals surface area (Å²) in [5.74, 6) is -2.82. The second kappa shape index (κ2) is 9.61. The van der Waals surface area contributed by atoms with E-state index >= 15 is 0 Å². The van der Waals surface area contributed by atoms with E-state index in [2.05, 4.69) is 10.7 Å². The van der Waals surface area contributed by atoms with Crippen LogP contribution in [0.3, 0.4) is 0 Å². The minimum Gasteiger partial charge on any atom is -0.455 e. The lowest BCUT2D eigenvalue weighted by Gasteiger charge is -2.17. The molecule has 0 bridgehead atoms. The zero-order chi connectivity index (χ0) is 22.5. The third-order valence-electron chi connectivity index (χ3n) is 4.83. The molecule has 0 spiro atoms. The number of anilines is 1. The number of nitrogens with zero attached hydrogens (tertiary/aromatic N) is 1. The van der Waals surface area contributed by atoms with Crippen LogP contribution in [0.5, 0.6) is 0 Å². The van der Waals surface area contributed by atoms with E-state index in [1.807, 2.05) is 13.8 Å². The Labute approximate surface area is 184 Å². The van der Waals surface area contributed by atoms with Crippen LogP contribution in [0.25, 0.3) is 0 Å². The van der Waals surface area contributed by atoms with Crippen LogP contribution in [0.15, 0.2) is 42.5 Å². The van der Waals surface area contributed by atoms with Gasteiger partial charge in [-0.25, -0.2) is 0 Å². The minimum absolute atomic E-state index is 0.0235. The number of nitrogens with one attached hydrogen (secondary N) is 2. The molecule has 1 aliphatic rings. The first-order valence-electron chi connectivity index (χ1n) is 9.63. The number of carbonyl (C=O) groups is 4. The van der Waals surface area contributed by atoms with Crippen molar-refractivity contribution >= 4 is 41.0 Å². The maximum atomic E-state index is 12.3. The summed E-state index contributed by atoms with van der Waals surface area (Å²) < 4.78 is 5.05. The molecular formula is C22H22ClN3O5. The van der Waals surface area contributed by atoms with Crippen molar-refractivity contribution in [3.05, 3.63) is 64.2 Å². The van der Waals surface area contributed by atoms with E-state index in [4.69, 9.17) is 16.3 Å². The first-order valence-corrected chi connectivity index (χ1v) is 10.0. The van der Waals surface area contributed by atoms with Gasteiger partial charge in [-0.1, -0.05) is 35.4 Å². The highest BCUT2D eigenvalue weighted by molar-refractivity contribution is 6.31. The predicted molar refractivity (Wildman–Crippen MR) is 114 cm³/mol. The van der Waals surface area contributed by atoms with Crippen molar-refractivity contribution in [2.45, 2.75) is 20.3 Å². The van der Waals surface area contributed by atoms with Crippen LogP contribution in [0.1, 0.15) is 27.9 Å². The number of hydrogen-bond acceptors (Lipinski definition) is 5. The molecule has 0 saturated carbocycles. The van der Waals surface area contributed by atoms with E-state index < -0.39 is 36.2 Å². The Kier molecular flexibility index (Phi) is 6.91. The minimum atomic E-state index is -0.772. The Hall–Kier alpha value is -3.39. The summed E-state index contributed by atoms with van der Waals surface area (Å²) in [6.07, 6.45) is -0.109. The number of aryl methyl sites for hydroxylation is 2. The fraction of sp³-hybridized carbons (Fsp3) is 0.273. The average Bonchev–Trinajstić information content (AvgIpc) is 3.09. The molecule has 1 fully saturated rings. The Morgan fingerprint density at radius 3 is 2.55 bits per heavy atom. The van der Waals surface area contributed by atoms with Crippen molar-refractivity contribution in [3.8, 4) is 0 Å². The first-order chi connectivity index (χ1) is 14.7. The number of rotatable bonds is 6. The lowest BCUT2D eigenvalue weighted by molar-refractivity contribution is -0.151. The van der Waals surface area contributed by atoms with Gasteiger partial charge in [-0.2, -0.15) is 0 Å². The molecule has 8 nitrogen and oxygen atoms in total. The number of hydrazine groups is 1. The quantitative estimate of drug-likeness (QED) is 0.668. The number of esters is 1. The summed E-state index contributed by atoms with van der Waals surface area (Å²) >= 11 is 5.92. The van der Waals surface area contributed by atoms with Crippen LogP contribution in [0.4, 0.5) is 5.69 Å². The Bertz CT molecular complexity index is 1020. The van der Waals surface area contributed by atoms with Crippen molar-refractivity contribution in [1.29, 1.82) is 0 Å². The molecule has 0 aromatic heterocycles. The summed E-state index contributed by atoms with van der Waals surface area (Å²) in [5, 5.41) is 4.20. The molecule has 2 aromatic carbocycles. The number of halogens is 1. The molecule has 2 aromatic rings. The van der Waals surface area contributed by atoms with Crippen LogP contribution >= 0.6 is 11.6 Å².